The van der Waals surface area contributed by atoms with Crippen LogP contribution in [0.5, 0.6) is 0 Å². The minimum Gasteiger partial charge on any atom is -0.396 e. The number of nitrogens with one attached hydrogen (secondary N) is 2. The van der Waals surface area contributed by atoms with Crippen molar-refractivity contribution in [3.63, 3.8) is 0 Å². The molecule has 2 rings (SSSR count). The van der Waals surface area contributed by atoms with Gasteiger partial charge in [0.05, 0.1) is 6.61 Å². The van der Waals surface area contributed by atoms with Crippen molar-refractivity contribution in [1.29, 1.82) is 0 Å². The summed E-state index contributed by atoms with van der Waals surface area (Å²) in [6.45, 7) is 1.24. The highest BCUT2D eigenvalue weighted by atomic mass is 16.3. The summed E-state index contributed by atoms with van der Waals surface area (Å²) < 4.78 is 0. The molecule has 1 aliphatic carbocycles. The third kappa shape index (κ3) is 3.96. The number of carbonyl (C=O) groups is 1. The molecular weight excluding hydrogens is 240 g/mol. The van der Waals surface area contributed by atoms with Crippen LogP contribution in [0, 0.1) is 5.41 Å². The third-order valence-electron chi connectivity index (χ3n) is 3.92. The normalized spacial score (nSPS) is 17.1. The number of urea groups is 1. The number of hydrogen-bond acceptors (Lipinski definition) is 2. The molecule has 0 bridgehead atoms. The first-order chi connectivity index (χ1) is 9.24. The van der Waals surface area contributed by atoms with E-state index < -0.39 is 0 Å². The van der Waals surface area contributed by atoms with Crippen LogP contribution in [-0.2, 0) is 6.54 Å². The molecule has 1 fully saturated rings. The Morgan fingerprint density at radius 2 is 1.84 bits per heavy atom. The molecule has 0 unspecified atom stereocenters. The van der Waals surface area contributed by atoms with Crippen molar-refractivity contribution in [2.75, 3.05) is 13.2 Å². The van der Waals surface area contributed by atoms with Crippen molar-refractivity contribution < 1.29 is 9.90 Å². The number of hydrogen-bond donors (Lipinski definition) is 3. The standard InChI is InChI=1S/C15H22N2O2/c18-12-15(8-4-5-9-15)11-17-14(19)16-10-13-6-2-1-3-7-13/h1-3,6-7,18H,4-5,8-12H2,(H2,16,17,19). The summed E-state index contributed by atoms with van der Waals surface area (Å²) in [6.07, 6.45) is 4.30. The molecule has 0 aliphatic heterocycles. The maximum Gasteiger partial charge on any atom is 0.315 e. The molecular formula is C15H22N2O2. The van der Waals surface area contributed by atoms with E-state index in [-0.39, 0.29) is 18.1 Å². The lowest BCUT2D eigenvalue weighted by Crippen LogP contribution is -2.42. The second-order valence-corrected chi connectivity index (χ2v) is 5.39. The molecule has 1 aromatic carbocycles. The molecule has 4 nitrogen and oxygen atoms in total. The van der Waals surface area contributed by atoms with E-state index in [1.54, 1.807) is 0 Å². The zero-order valence-electron chi connectivity index (χ0n) is 11.2. The largest absolute Gasteiger partial charge is 0.396 e. The number of amides is 2. The first-order valence-corrected chi connectivity index (χ1v) is 6.91. The molecule has 0 spiro atoms. The van der Waals surface area contributed by atoms with Gasteiger partial charge < -0.3 is 15.7 Å². The van der Waals surface area contributed by atoms with Crippen LogP contribution in [0.3, 0.4) is 0 Å². The monoisotopic (exact) mass is 262 g/mol. The van der Waals surface area contributed by atoms with Gasteiger partial charge in [0.25, 0.3) is 0 Å². The van der Waals surface area contributed by atoms with Crippen molar-refractivity contribution in [3.05, 3.63) is 35.9 Å². The summed E-state index contributed by atoms with van der Waals surface area (Å²) in [7, 11) is 0. The van der Waals surface area contributed by atoms with E-state index >= 15 is 0 Å². The van der Waals surface area contributed by atoms with E-state index in [1.165, 1.54) is 0 Å². The van der Waals surface area contributed by atoms with Crippen LogP contribution in [0.4, 0.5) is 4.79 Å². The predicted octanol–water partition coefficient (Wildman–Crippen LogP) is 2.04. The van der Waals surface area contributed by atoms with Gasteiger partial charge in [0.15, 0.2) is 0 Å². The second-order valence-electron chi connectivity index (χ2n) is 5.39. The lowest BCUT2D eigenvalue weighted by atomic mass is 9.87. The third-order valence-corrected chi connectivity index (χ3v) is 3.92. The number of aliphatic hydroxyl groups is 1. The molecule has 19 heavy (non-hydrogen) atoms. The topological polar surface area (TPSA) is 61.4 Å². The summed E-state index contributed by atoms with van der Waals surface area (Å²) in [4.78, 5) is 11.7. The van der Waals surface area contributed by atoms with Gasteiger partial charge in [-0.1, -0.05) is 43.2 Å². The number of carbonyl (C=O) groups excluding carboxylic acids is 1. The van der Waals surface area contributed by atoms with Crippen LogP contribution in [0.1, 0.15) is 31.2 Å². The van der Waals surface area contributed by atoms with E-state index in [1.807, 2.05) is 30.3 Å². The number of benzene rings is 1. The average Bonchev–Trinajstić information content (AvgIpc) is 2.93. The van der Waals surface area contributed by atoms with Gasteiger partial charge >= 0.3 is 6.03 Å². The predicted molar refractivity (Wildman–Crippen MR) is 74.7 cm³/mol. The van der Waals surface area contributed by atoms with Gasteiger partial charge in [-0.3, -0.25) is 0 Å². The molecule has 0 radical (unpaired) electrons. The Hall–Kier alpha value is -1.55. The highest BCUT2D eigenvalue weighted by molar-refractivity contribution is 5.73. The van der Waals surface area contributed by atoms with Gasteiger partial charge in [0, 0.05) is 18.5 Å². The Morgan fingerprint density at radius 1 is 1.16 bits per heavy atom. The number of rotatable bonds is 5. The minimum atomic E-state index is -0.163. The average molecular weight is 262 g/mol. The van der Waals surface area contributed by atoms with Crippen LogP contribution >= 0.6 is 0 Å². The lowest BCUT2D eigenvalue weighted by molar-refractivity contribution is 0.129. The summed E-state index contributed by atoms with van der Waals surface area (Å²) >= 11 is 0. The molecule has 0 atom stereocenters. The summed E-state index contributed by atoms with van der Waals surface area (Å²) in [6, 6.07) is 9.65. The molecule has 0 aromatic heterocycles. The first kappa shape index (κ1) is 13.9. The van der Waals surface area contributed by atoms with Crippen LogP contribution in [0.2, 0.25) is 0 Å². The van der Waals surface area contributed by atoms with E-state index in [4.69, 9.17) is 0 Å². The Kier molecular flexibility index (Phi) is 4.80. The molecule has 3 N–H and O–H groups in total. The summed E-state index contributed by atoms with van der Waals surface area (Å²) in [5.41, 5.74) is 0.986. The van der Waals surface area contributed by atoms with Crippen molar-refractivity contribution in [3.8, 4) is 0 Å². The van der Waals surface area contributed by atoms with E-state index in [0.29, 0.717) is 13.1 Å². The Labute approximate surface area is 114 Å². The second kappa shape index (κ2) is 6.57. The van der Waals surface area contributed by atoms with Gasteiger partial charge in [-0.2, -0.15) is 0 Å². The summed E-state index contributed by atoms with van der Waals surface area (Å²) in [5, 5.41) is 15.2. The van der Waals surface area contributed by atoms with Crippen molar-refractivity contribution in [2.45, 2.75) is 32.2 Å². The Morgan fingerprint density at radius 3 is 2.47 bits per heavy atom. The van der Waals surface area contributed by atoms with E-state index in [0.717, 1.165) is 31.2 Å². The van der Waals surface area contributed by atoms with Crippen LogP contribution < -0.4 is 10.6 Å². The van der Waals surface area contributed by atoms with Gasteiger partial charge in [-0.05, 0) is 18.4 Å². The fraction of sp³-hybridized carbons (Fsp3) is 0.533. The van der Waals surface area contributed by atoms with Gasteiger partial charge in [-0.15, -0.1) is 0 Å². The molecule has 0 saturated heterocycles. The minimum absolute atomic E-state index is 0.0932. The maximum absolute atomic E-state index is 11.7. The van der Waals surface area contributed by atoms with Crippen LogP contribution in [0.25, 0.3) is 0 Å². The summed E-state index contributed by atoms with van der Waals surface area (Å²) in [5.74, 6) is 0. The van der Waals surface area contributed by atoms with E-state index in [2.05, 4.69) is 10.6 Å². The molecule has 1 saturated carbocycles. The molecule has 1 aromatic rings. The molecule has 0 heterocycles. The Balaban J connectivity index is 1.72. The fourth-order valence-corrected chi connectivity index (χ4v) is 2.62. The quantitative estimate of drug-likeness (QED) is 0.760. The molecule has 104 valence electrons. The molecule has 2 amide bonds. The Bertz CT molecular complexity index is 400. The smallest absolute Gasteiger partial charge is 0.315 e. The highest BCUT2D eigenvalue weighted by Crippen LogP contribution is 2.36. The first-order valence-electron chi connectivity index (χ1n) is 6.91. The zero-order valence-corrected chi connectivity index (χ0v) is 11.2. The molecule has 1 aliphatic rings. The number of aliphatic hydroxyl groups excluding tert-OH is 1. The SMILES string of the molecule is O=C(NCc1ccccc1)NCC1(CO)CCCC1. The molecule has 4 heteroatoms. The fourth-order valence-electron chi connectivity index (χ4n) is 2.62. The van der Waals surface area contributed by atoms with Crippen LogP contribution in [0.15, 0.2) is 30.3 Å². The zero-order chi connectivity index (χ0) is 13.6. The van der Waals surface area contributed by atoms with Crippen molar-refractivity contribution >= 4 is 6.03 Å². The lowest BCUT2D eigenvalue weighted by Gasteiger charge is -2.26. The van der Waals surface area contributed by atoms with Gasteiger partial charge in [0.1, 0.15) is 0 Å². The van der Waals surface area contributed by atoms with Crippen LogP contribution in [-0.4, -0.2) is 24.3 Å². The maximum atomic E-state index is 11.7. The van der Waals surface area contributed by atoms with Gasteiger partial charge in [-0.25, -0.2) is 4.79 Å². The van der Waals surface area contributed by atoms with Crippen molar-refractivity contribution in [1.82, 2.24) is 10.6 Å². The van der Waals surface area contributed by atoms with Gasteiger partial charge in [0.2, 0.25) is 0 Å². The van der Waals surface area contributed by atoms with E-state index in [9.17, 15) is 9.90 Å². The van der Waals surface area contributed by atoms with Crippen molar-refractivity contribution in [2.24, 2.45) is 5.41 Å². The highest BCUT2D eigenvalue weighted by Gasteiger charge is 2.33.